The molecular formula is C16H19N. The molecule has 0 fully saturated rings. The van der Waals surface area contributed by atoms with Gasteiger partial charge >= 0.3 is 0 Å². The number of nitriles is 1. The molecule has 1 aromatic rings. The van der Waals surface area contributed by atoms with Gasteiger partial charge in [-0.05, 0) is 85.9 Å². The smallest absolute Gasteiger partial charge is 0.0915 e. The van der Waals surface area contributed by atoms with E-state index < -0.39 is 0 Å². The summed E-state index contributed by atoms with van der Waals surface area (Å²) in [5.74, 6) is 0. The van der Waals surface area contributed by atoms with E-state index in [1.54, 1.807) is 6.08 Å². The van der Waals surface area contributed by atoms with Gasteiger partial charge in [-0.15, -0.1) is 0 Å². The molecule has 1 aliphatic rings. The van der Waals surface area contributed by atoms with Crippen LogP contribution in [0, 0.1) is 39.0 Å². The summed E-state index contributed by atoms with van der Waals surface area (Å²) in [7, 11) is 0. The van der Waals surface area contributed by atoms with Crippen molar-refractivity contribution in [1.82, 2.24) is 0 Å². The largest absolute Gasteiger partial charge is 0.193 e. The topological polar surface area (TPSA) is 23.8 Å². The Morgan fingerprint density at radius 1 is 0.941 bits per heavy atom. The van der Waals surface area contributed by atoms with Gasteiger partial charge in [0.15, 0.2) is 0 Å². The molecule has 0 aliphatic heterocycles. The van der Waals surface area contributed by atoms with Crippen molar-refractivity contribution < 1.29 is 0 Å². The van der Waals surface area contributed by atoms with Gasteiger partial charge < -0.3 is 0 Å². The molecule has 0 radical (unpaired) electrons. The van der Waals surface area contributed by atoms with Crippen molar-refractivity contribution in [2.24, 2.45) is 0 Å². The molecular weight excluding hydrogens is 206 g/mol. The molecule has 1 aromatic carbocycles. The molecule has 1 heteroatoms. The van der Waals surface area contributed by atoms with Crippen LogP contribution in [0.4, 0.5) is 0 Å². The molecule has 0 aromatic heterocycles. The van der Waals surface area contributed by atoms with Crippen molar-refractivity contribution in [3.63, 3.8) is 0 Å². The molecule has 1 nitrogen and oxygen atoms in total. The minimum Gasteiger partial charge on any atom is -0.193 e. The minimum absolute atomic E-state index is 1.04. The minimum atomic E-state index is 1.04. The summed E-state index contributed by atoms with van der Waals surface area (Å²) in [5, 5.41) is 8.90. The number of hydrogen-bond donors (Lipinski definition) is 0. The summed E-state index contributed by atoms with van der Waals surface area (Å²) in [6.07, 6.45) is 5.11. The van der Waals surface area contributed by atoms with Gasteiger partial charge in [0.2, 0.25) is 0 Å². The maximum atomic E-state index is 8.90. The van der Waals surface area contributed by atoms with Crippen LogP contribution in [0.5, 0.6) is 0 Å². The quantitative estimate of drug-likeness (QED) is 0.608. The molecule has 88 valence electrons. The predicted molar refractivity (Wildman–Crippen MR) is 71.9 cm³/mol. The second kappa shape index (κ2) is 4.37. The number of benzene rings is 1. The van der Waals surface area contributed by atoms with Gasteiger partial charge in [-0.2, -0.15) is 5.26 Å². The average Bonchev–Trinajstić information content (AvgIpc) is 2.34. The van der Waals surface area contributed by atoms with Gasteiger partial charge in [0, 0.05) is 6.08 Å². The number of hydrogen-bond acceptors (Lipinski definition) is 1. The summed E-state index contributed by atoms with van der Waals surface area (Å²) in [6, 6.07) is 2.20. The molecule has 17 heavy (non-hydrogen) atoms. The van der Waals surface area contributed by atoms with Gasteiger partial charge in [0.1, 0.15) is 0 Å². The lowest BCUT2D eigenvalue weighted by atomic mass is 9.79. The zero-order valence-corrected chi connectivity index (χ0v) is 11.1. The van der Waals surface area contributed by atoms with Crippen LogP contribution in [0.3, 0.4) is 0 Å². The third kappa shape index (κ3) is 1.78. The summed E-state index contributed by atoms with van der Waals surface area (Å²) < 4.78 is 0. The predicted octanol–water partition coefficient (Wildman–Crippen LogP) is 4.16. The number of allylic oxidation sites excluding steroid dienone is 2. The van der Waals surface area contributed by atoms with Gasteiger partial charge in [-0.3, -0.25) is 0 Å². The first-order chi connectivity index (χ1) is 8.07. The van der Waals surface area contributed by atoms with E-state index in [9.17, 15) is 0 Å². The fraction of sp³-hybridized carbons (Fsp3) is 0.438. The average molecular weight is 225 g/mol. The van der Waals surface area contributed by atoms with Crippen LogP contribution in [-0.2, 0) is 6.42 Å². The third-order valence-corrected chi connectivity index (χ3v) is 4.25. The summed E-state index contributed by atoms with van der Waals surface area (Å²) in [6.45, 7) is 8.81. The third-order valence-electron chi connectivity index (χ3n) is 4.25. The van der Waals surface area contributed by atoms with E-state index in [4.69, 9.17) is 5.26 Å². The molecule has 2 rings (SSSR count). The Balaban J connectivity index is 2.79. The van der Waals surface area contributed by atoms with Crippen molar-refractivity contribution in [3.05, 3.63) is 39.5 Å². The summed E-state index contributed by atoms with van der Waals surface area (Å²) >= 11 is 0. The number of nitrogens with zero attached hydrogens (tertiary/aromatic N) is 1. The molecule has 0 saturated heterocycles. The Bertz CT molecular complexity index is 542. The first-order valence-electron chi connectivity index (χ1n) is 6.26. The Hall–Kier alpha value is -1.55. The fourth-order valence-corrected chi connectivity index (χ4v) is 2.94. The van der Waals surface area contributed by atoms with Gasteiger partial charge in [-0.1, -0.05) is 0 Å². The first kappa shape index (κ1) is 11.9. The highest BCUT2D eigenvalue weighted by Gasteiger charge is 2.21. The molecule has 0 heterocycles. The Kier molecular flexibility index (Phi) is 3.07. The lowest BCUT2D eigenvalue weighted by Gasteiger charge is -2.26. The van der Waals surface area contributed by atoms with Gasteiger partial charge in [0.05, 0.1) is 6.07 Å². The molecule has 1 aliphatic carbocycles. The molecule has 0 atom stereocenters. The highest BCUT2D eigenvalue weighted by molar-refractivity contribution is 5.76. The second-order valence-electron chi connectivity index (χ2n) is 5.01. The van der Waals surface area contributed by atoms with E-state index in [1.165, 1.54) is 45.4 Å². The SMILES string of the molecule is Cc1c(C)c(C)c2c(c1C)CCCC2=CC#N. The van der Waals surface area contributed by atoms with Crippen molar-refractivity contribution >= 4 is 5.57 Å². The molecule has 0 saturated carbocycles. The zero-order valence-electron chi connectivity index (χ0n) is 11.1. The highest BCUT2D eigenvalue weighted by Crippen LogP contribution is 2.38. The van der Waals surface area contributed by atoms with E-state index in [0.717, 1.165) is 12.8 Å². The van der Waals surface area contributed by atoms with Crippen LogP contribution < -0.4 is 0 Å². The van der Waals surface area contributed by atoms with Crippen LogP contribution in [-0.4, -0.2) is 0 Å². The van der Waals surface area contributed by atoms with E-state index in [2.05, 4.69) is 33.8 Å². The van der Waals surface area contributed by atoms with Crippen molar-refractivity contribution in [3.8, 4) is 6.07 Å². The standard InChI is InChI=1S/C16H19N/c1-10-11(2)13(4)16-14(8-9-17)6-5-7-15(16)12(10)3/h8H,5-7H2,1-4H3. The molecule has 0 unspecified atom stereocenters. The zero-order chi connectivity index (χ0) is 12.6. The van der Waals surface area contributed by atoms with Crippen LogP contribution in [0.2, 0.25) is 0 Å². The first-order valence-corrected chi connectivity index (χ1v) is 6.26. The van der Waals surface area contributed by atoms with Crippen molar-refractivity contribution in [1.29, 1.82) is 5.26 Å². The summed E-state index contributed by atoms with van der Waals surface area (Å²) in [5.41, 5.74) is 9.65. The number of rotatable bonds is 0. The summed E-state index contributed by atoms with van der Waals surface area (Å²) in [4.78, 5) is 0. The van der Waals surface area contributed by atoms with Crippen LogP contribution >= 0.6 is 0 Å². The normalized spacial score (nSPS) is 16.8. The second-order valence-corrected chi connectivity index (χ2v) is 5.01. The molecule has 0 spiro atoms. The van der Waals surface area contributed by atoms with Crippen LogP contribution in [0.15, 0.2) is 6.08 Å². The maximum Gasteiger partial charge on any atom is 0.0915 e. The van der Waals surface area contributed by atoms with E-state index >= 15 is 0 Å². The van der Waals surface area contributed by atoms with E-state index in [0.29, 0.717) is 0 Å². The van der Waals surface area contributed by atoms with E-state index in [-0.39, 0.29) is 0 Å². The van der Waals surface area contributed by atoms with Gasteiger partial charge in [0.25, 0.3) is 0 Å². The van der Waals surface area contributed by atoms with Gasteiger partial charge in [-0.25, -0.2) is 0 Å². The number of fused-ring (bicyclic) bond motifs is 1. The van der Waals surface area contributed by atoms with Crippen LogP contribution in [0.25, 0.3) is 5.57 Å². The van der Waals surface area contributed by atoms with Crippen LogP contribution in [0.1, 0.15) is 46.2 Å². The lowest BCUT2D eigenvalue weighted by Crippen LogP contribution is -2.10. The monoisotopic (exact) mass is 225 g/mol. The molecule has 0 bridgehead atoms. The Labute approximate surface area is 104 Å². The highest BCUT2D eigenvalue weighted by atomic mass is 14.3. The fourth-order valence-electron chi connectivity index (χ4n) is 2.94. The van der Waals surface area contributed by atoms with Crippen molar-refractivity contribution in [2.75, 3.05) is 0 Å². The lowest BCUT2D eigenvalue weighted by molar-refractivity contribution is 0.809. The van der Waals surface area contributed by atoms with E-state index in [1.807, 2.05) is 0 Å². The molecule has 0 amide bonds. The molecule has 0 N–H and O–H groups in total. The Morgan fingerprint density at radius 2 is 1.59 bits per heavy atom. The Morgan fingerprint density at radius 3 is 2.24 bits per heavy atom. The van der Waals surface area contributed by atoms with Crippen molar-refractivity contribution in [2.45, 2.75) is 47.0 Å². The maximum absolute atomic E-state index is 8.90.